The first-order valence-electron chi connectivity index (χ1n) is 19.9. The number of amides is 3. The van der Waals surface area contributed by atoms with Crippen LogP contribution in [0, 0.1) is 11.8 Å². The van der Waals surface area contributed by atoms with E-state index in [0.717, 1.165) is 30.5 Å². The molecule has 20 heteroatoms. The molecular formula is C40H47ClF3N11O5. The first-order chi connectivity index (χ1) is 28.5. The SMILES string of the molecule is CC(C)Nc1ccc(-n2cc(-c3cnc(C(=O)Nc4ccc(C(=O)N5CCN(C(=O)C6CC[N+](CC(=O)[O-])(CC7CNC7)CC6)CC5)c(Cl)c4)n3C)c(C(F)(F)F)n2)nc1. The van der Waals surface area contributed by atoms with E-state index in [1.807, 2.05) is 13.8 Å². The van der Waals surface area contributed by atoms with Crippen molar-refractivity contribution in [2.75, 3.05) is 76.1 Å². The number of piperidine rings is 1. The van der Waals surface area contributed by atoms with E-state index in [2.05, 4.69) is 31.0 Å². The van der Waals surface area contributed by atoms with Gasteiger partial charge in [-0.1, -0.05) is 11.6 Å². The number of hydrogen-bond donors (Lipinski definition) is 3. The van der Waals surface area contributed by atoms with Crippen LogP contribution in [0.4, 0.5) is 24.5 Å². The molecule has 1 aromatic carbocycles. The zero-order chi connectivity index (χ0) is 42.9. The van der Waals surface area contributed by atoms with E-state index in [-0.39, 0.29) is 69.5 Å². The van der Waals surface area contributed by atoms with E-state index in [1.165, 1.54) is 42.2 Å². The summed E-state index contributed by atoms with van der Waals surface area (Å²) < 4.78 is 45.4. The highest BCUT2D eigenvalue weighted by Gasteiger charge is 2.42. The topological polar surface area (TPSA) is 182 Å². The predicted molar refractivity (Wildman–Crippen MR) is 213 cm³/mol. The lowest BCUT2D eigenvalue weighted by Gasteiger charge is -2.47. The molecule has 0 saturated carbocycles. The summed E-state index contributed by atoms with van der Waals surface area (Å²) in [6, 6.07) is 7.73. The normalized spacial score (nSPS) is 19.9. The minimum absolute atomic E-state index is 0.0108. The van der Waals surface area contributed by atoms with Crippen molar-refractivity contribution in [3.8, 4) is 17.1 Å². The highest BCUT2D eigenvalue weighted by atomic mass is 35.5. The number of anilines is 2. The lowest BCUT2D eigenvalue weighted by molar-refractivity contribution is -0.931. The fraction of sp³-hybridized carbons (Fsp3) is 0.475. The molecular weight excluding hydrogens is 807 g/mol. The molecule has 7 rings (SSSR count). The molecule has 0 radical (unpaired) electrons. The van der Waals surface area contributed by atoms with Gasteiger partial charge in [0.15, 0.2) is 17.3 Å². The average Bonchev–Trinajstić information content (AvgIpc) is 3.80. The minimum Gasteiger partial charge on any atom is -0.544 e. The van der Waals surface area contributed by atoms with Gasteiger partial charge in [0, 0.05) is 88.9 Å². The van der Waals surface area contributed by atoms with Crippen LogP contribution in [0.1, 0.15) is 53.4 Å². The van der Waals surface area contributed by atoms with Gasteiger partial charge in [0.2, 0.25) is 5.91 Å². The number of carboxylic acid groups (broad SMARTS) is 1. The smallest absolute Gasteiger partial charge is 0.435 e. The molecule has 0 spiro atoms. The van der Waals surface area contributed by atoms with Crippen LogP contribution >= 0.6 is 11.6 Å². The lowest BCUT2D eigenvalue weighted by Crippen LogP contribution is -2.63. The Hall–Kier alpha value is -5.53. The van der Waals surface area contributed by atoms with Crippen LogP contribution in [0.2, 0.25) is 5.02 Å². The third kappa shape index (κ3) is 9.27. The van der Waals surface area contributed by atoms with Crippen molar-refractivity contribution in [1.82, 2.24) is 39.4 Å². The number of alkyl halides is 3. The Labute approximate surface area is 349 Å². The maximum atomic E-state index is 14.2. The van der Waals surface area contributed by atoms with Gasteiger partial charge in [0.25, 0.3) is 11.8 Å². The second kappa shape index (κ2) is 17.2. The number of carboxylic acids is 1. The maximum absolute atomic E-state index is 14.2. The van der Waals surface area contributed by atoms with E-state index in [0.29, 0.717) is 68.2 Å². The Balaban J connectivity index is 0.956. The summed E-state index contributed by atoms with van der Waals surface area (Å²) in [5.41, 5.74) is -0.373. The van der Waals surface area contributed by atoms with Crippen molar-refractivity contribution in [3.63, 3.8) is 0 Å². The maximum Gasteiger partial charge on any atom is 0.435 e. The second-order valence-electron chi connectivity index (χ2n) is 16.1. The number of pyridine rings is 1. The highest BCUT2D eigenvalue weighted by Crippen LogP contribution is 2.37. The number of likely N-dealkylation sites (tertiary alicyclic amines) is 1. The van der Waals surface area contributed by atoms with E-state index in [9.17, 15) is 37.5 Å². The van der Waals surface area contributed by atoms with Gasteiger partial charge in [-0.15, -0.1) is 0 Å². The van der Waals surface area contributed by atoms with Gasteiger partial charge < -0.3 is 44.7 Å². The molecule has 16 nitrogen and oxygen atoms in total. The number of nitrogens with zero attached hydrogens (tertiary/aromatic N) is 8. The number of benzene rings is 1. The van der Waals surface area contributed by atoms with Crippen LogP contribution < -0.4 is 21.1 Å². The molecule has 60 heavy (non-hydrogen) atoms. The van der Waals surface area contributed by atoms with Gasteiger partial charge >= 0.3 is 6.18 Å². The van der Waals surface area contributed by atoms with Crippen molar-refractivity contribution >= 4 is 46.7 Å². The van der Waals surface area contributed by atoms with Gasteiger partial charge in [-0.3, -0.25) is 14.4 Å². The first-order valence-corrected chi connectivity index (χ1v) is 20.2. The van der Waals surface area contributed by atoms with Crippen molar-refractivity contribution in [3.05, 3.63) is 71.0 Å². The van der Waals surface area contributed by atoms with Crippen molar-refractivity contribution in [2.45, 2.75) is 38.9 Å². The number of piperazine rings is 1. The van der Waals surface area contributed by atoms with Crippen molar-refractivity contribution < 1.29 is 41.9 Å². The highest BCUT2D eigenvalue weighted by molar-refractivity contribution is 6.34. The van der Waals surface area contributed by atoms with Crippen molar-refractivity contribution in [1.29, 1.82) is 0 Å². The van der Waals surface area contributed by atoms with Crippen LogP contribution in [0.25, 0.3) is 17.1 Å². The van der Waals surface area contributed by atoms with Crippen LogP contribution in [-0.4, -0.2) is 134 Å². The fourth-order valence-corrected chi connectivity index (χ4v) is 8.54. The number of carbonyl (C=O) groups is 4. The zero-order valence-corrected chi connectivity index (χ0v) is 34.2. The number of quaternary nitrogens is 1. The quantitative estimate of drug-likeness (QED) is 0.179. The van der Waals surface area contributed by atoms with E-state index in [1.54, 1.807) is 21.9 Å². The van der Waals surface area contributed by atoms with E-state index in [4.69, 9.17) is 11.6 Å². The van der Waals surface area contributed by atoms with Crippen LogP contribution in [0.15, 0.2) is 48.9 Å². The summed E-state index contributed by atoms with van der Waals surface area (Å²) in [6.07, 6.45) is 0.211. The Bertz CT molecular complexity index is 2240. The van der Waals surface area contributed by atoms with Crippen LogP contribution in [0.3, 0.4) is 0 Å². The Morgan fingerprint density at radius 1 is 0.983 bits per heavy atom. The molecule has 4 aromatic rings. The monoisotopic (exact) mass is 853 g/mol. The van der Waals surface area contributed by atoms with Gasteiger partial charge in [-0.05, 0) is 44.2 Å². The molecule has 3 saturated heterocycles. The average molecular weight is 854 g/mol. The molecule has 3 aliphatic heterocycles. The largest absolute Gasteiger partial charge is 0.544 e. The van der Waals surface area contributed by atoms with Crippen LogP contribution in [0.5, 0.6) is 0 Å². The van der Waals surface area contributed by atoms with E-state index < -0.39 is 23.7 Å². The van der Waals surface area contributed by atoms with Gasteiger partial charge in [0.05, 0.1) is 65.5 Å². The third-order valence-corrected chi connectivity index (χ3v) is 11.8. The van der Waals surface area contributed by atoms with Crippen LogP contribution in [-0.2, 0) is 22.8 Å². The fourth-order valence-electron chi connectivity index (χ4n) is 8.28. The number of halogens is 4. The van der Waals surface area contributed by atoms with Gasteiger partial charge in [-0.2, -0.15) is 18.3 Å². The second-order valence-corrected chi connectivity index (χ2v) is 16.5. The summed E-state index contributed by atoms with van der Waals surface area (Å²) >= 11 is 6.56. The minimum atomic E-state index is -4.83. The molecule has 0 atom stereocenters. The van der Waals surface area contributed by atoms with Gasteiger partial charge in [0.1, 0.15) is 6.54 Å². The zero-order valence-electron chi connectivity index (χ0n) is 33.5. The van der Waals surface area contributed by atoms with Gasteiger partial charge in [-0.25, -0.2) is 14.6 Å². The Morgan fingerprint density at radius 2 is 1.67 bits per heavy atom. The number of aliphatic carboxylic acids is 1. The summed E-state index contributed by atoms with van der Waals surface area (Å²) in [5.74, 6) is -1.93. The number of aromatic nitrogens is 5. The predicted octanol–water partition coefficient (Wildman–Crippen LogP) is 2.89. The lowest BCUT2D eigenvalue weighted by atomic mass is 9.90. The number of imidazole rings is 1. The summed E-state index contributed by atoms with van der Waals surface area (Å²) in [5, 5.41) is 24.5. The number of hydrogen-bond acceptors (Lipinski definition) is 10. The molecule has 3 aromatic heterocycles. The molecule has 3 amide bonds. The molecule has 0 aliphatic carbocycles. The van der Waals surface area contributed by atoms with E-state index >= 15 is 0 Å². The number of rotatable bonds is 12. The molecule has 3 N–H and O–H groups in total. The summed E-state index contributed by atoms with van der Waals surface area (Å²) in [4.78, 5) is 63.7. The van der Waals surface area contributed by atoms with Crippen molar-refractivity contribution in [2.24, 2.45) is 18.9 Å². The molecule has 320 valence electrons. The molecule has 3 fully saturated rings. The molecule has 3 aliphatic rings. The third-order valence-electron chi connectivity index (χ3n) is 11.5. The Morgan fingerprint density at radius 3 is 2.25 bits per heavy atom. The standard InChI is InChI=1S/C40H47ClF3N11O5/c1-24(2)48-28-5-7-33(46-19-28)54-21-30(35(50-54)40(42,43)44)32-20-47-36(51(32)3)37(58)49-27-4-6-29(31(41)16-27)39(60)53-12-10-52(11-13-53)38(59)26-8-14-55(15-9-26,23-34(56)57)22-25-17-45-18-25/h4-7,16,19-21,24-26,45,48H,8-15,17-18,22-23H2,1-3H3,(H-,49,56,57,58,60). The first kappa shape index (κ1) is 42.6. The summed E-state index contributed by atoms with van der Waals surface area (Å²) in [7, 11) is 1.41. The molecule has 0 unspecified atom stereocenters. The molecule has 0 bridgehead atoms. The number of carbonyl (C=O) groups excluding carboxylic acids is 4. The summed E-state index contributed by atoms with van der Waals surface area (Å²) in [6.45, 7) is 8.84. The molecule has 6 heterocycles. The Kier molecular flexibility index (Phi) is 12.2. The number of nitrogens with one attached hydrogen (secondary N) is 3.